The van der Waals surface area contributed by atoms with Crippen LogP contribution in [-0.4, -0.2) is 25.2 Å². The maximum Gasteiger partial charge on any atom is 0.191 e. The Morgan fingerprint density at radius 3 is 2.39 bits per heavy atom. The van der Waals surface area contributed by atoms with Gasteiger partial charge in [-0.25, -0.2) is 8.78 Å². The van der Waals surface area contributed by atoms with Gasteiger partial charge in [0.05, 0.1) is 6.61 Å². The van der Waals surface area contributed by atoms with Gasteiger partial charge in [-0.15, -0.1) is 0 Å². The monoisotopic (exact) mass is 258 g/mol. The molecule has 0 aliphatic heterocycles. The molecule has 0 saturated carbocycles. The van der Waals surface area contributed by atoms with E-state index in [1.807, 2.05) is 6.92 Å². The number of ether oxygens (including phenoxy) is 2. The van der Waals surface area contributed by atoms with Crippen molar-refractivity contribution in [2.75, 3.05) is 13.2 Å². The first kappa shape index (κ1) is 14.4. The lowest BCUT2D eigenvalue weighted by molar-refractivity contribution is 0.0614. The van der Waals surface area contributed by atoms with Crippen molar-refractivity contribution in [3.8, 4) is 5.75 Å². The molecular weight excluding hydrogens is 242 g/mol. The lowest BCUT2D eigenvalue weighted by atomic mass is 10.2. The number of nitrogen functional groups attached to an aromatic ring is 1. The van der Waals surface area contributed by atoms with Gasteiger partial charge in [-0.2, -0.15) is 0 Å². The van der Waals surface area contributed by atoms with E-state index in [0.717, 1.165) is 12.1 Å². The average Bonchev–Trinajstić information content (AvgIpc) is 2.30. The summed E-state index contributed by atoms with van der Waals surface area (Å²) in [5.74, 6) is -2.65. The molecule has 3 N–H and O–H groups in total. The summed E-state index contributed by atoms with van der Waals surface area (Å²) >= 11 is 0. The molecule has 0 aliphatic rings. The van der Waals surface area contributed by atoms with Crippen LogP contribution in [0, 0.1) is 17.0 Å². The van der Waals surface area contributed by atoms with Crippen LogP contribution in [0.25, 0.3) is 0 Å². The van der Waals surface area contributed by atoms with E-state index < -0.39 is 29.3 Å². The van der Waals surface area contributed by atoms with E-state index in [9.17, 15) is 8.78 Å². The van der Waals surface area contributed by atoms with Crippen molar-refractivity contribution >= 4 is 5.84 Å². The van der Waals surface area contributed by atoms with Gasteiger partial charge in [-0.3, -0.25) is 5.41 Å². The predicted octanol–water partition coefficient (Wildman–Crippen LogP) is 2.05. The van der Waals surface area contributed by atoms with Gasteiger partial charge in [0, 0.05) is 12.2 Å². The first-order valence-electron chi connectivity index (χ1n) is 5.53. The minimum absolute atomic E-state index is 0.0187. The molecule has 0 spiro atoms. The van der Waals surface area contributed by atoms with Gasteiger partial charge in [0.15, 0.2) is 17.4 Å². The van der Waals surface area contributed by atoms with Crippen molar-refractivity contribution in [2.45, 2.75) is 20.0 Å². The smallest absolute Gasteiger partial charge is 0.191 e. The first-order valence-corrected chi connectivity index (χ1v) is 5.53. The molecule has 4 nitrogen and oxygen atoms in total. The number of nitrogens with two attached hydrogens (primary N) is 1. The molecule has 0 aromatic heterocycles. The maximum absolute atomic E-state index is 13.6. The second-order valence-corrected chi connectivity index (χ2v) is 3.77. The highest BCUT2D eigenvalue weighted by Crippen LogP contribution is 2.24. The molecule has 100 valence electrons. The molecule has 0 amide bonds. The molecule has 1 aromatic carbocycles. The Labute approximate surface area is 104 Å². The van der Waals surface area contributed by atoms with E-state index in [1.54, 1.807) is 6.92 Å². The van der Waals surface area contributed by atoms with Gasteiger partial charge in [0.1, 0.15) is 11.9 Å². The van der Waals surface area contributed by atoms with Crippen molar-refractivity contribution in [1.82, 2.24) is 0 Å². The van der Waals surface area contributed by atoms with Crippen LogP contribution in [0.4, 0.5) is 8.78 Å². The number of nitrogens with one attached hydrogen (secondary N) is 1. The van der Waals surface area contributed by atoms with E-state index in [4.69, 9.17) is 20.6 Å². The van der Waals surface area contributed by atoms with Crippen LogP contribution in [-0.2, 0) is 4.74 Å². The van der Waals surface area contributed by atoms with Gasteiger partial charge in [-0.1, -0.05) is 0 Å². The van der Waals surface area contributed by atoms with E-state index >= 15 is 0 Å². The molecule has 0 saturated heterocycles. The molecule has 0 aliphatic carbocycles. The third-order valence-electron chi connectivity index (χ3n) is 2.19. The summed E-state index contributed by atoms with van der Waals surface area (Å²) in [6.07, 6.45) is -0.475. The molecule has 0 bridgehead atoms. The number of rotatable bonds is 6. The Bertz CT molecular complexity index is 415. The second-order valence-electron chi connectivity index (χ2n) is 3.77. The lowest BCUT2D eigenvalue weighted by Gasteiger charge is -2.16. The Kier molecular flexibility index (Phi) is 5.03. The summed E-state index contributed by atoms with van der Waals surface area (Å²) < 4.78 is 37.4. The highest BCUT2D eigenvalue weighted by atomic mass is 19.1. The van der Waals surface area contributed by atoms with Crippen molar-refractivity contribution in [1.29, 1.82) is 5.41 Å². The molecule has 18 heavy (non-hydrogen) atoms. The average molecular weight is 258 g/mol. The van der Waals surface area contributed by atoms with Crippen LogP contribution >= 0.6 is 0 Å². The molecule has 1 rings (SSSR count). The standard InChI is InChI=1S/C12H16F2N2O2/c1-3-17-6-7(2)18-11-9(13)4-8(12(15)16)5-10(11)14/h4-5,7H,3,6H2,1-2H3,(H3,15,16). The van der Waals surface area contributed by atoms with Crippen LogP contribution in [0.3, 0.4) is 0 Å². The predicted molar refractivity (Wildman–Crippen MR) is 64.0 cm³/mol. The highest BCUT2D eigenvalue weighted by molar-refractivity contribution is 5.95. The highest BCUT2D eigenvalue weighted by Gasteiger charge is 2.16. The van der Waals surface area contributed by atoms with E-state index in [0.29, 0.717) is 6.61 Å². The second kappa shape index (κ2) is 6.30. The third-order valence-corrected chi connectivity index (χ3v) is 2.19. The van der Waals surface area contributed by atoms with Crippen LogP contribution < -0.4 is 10.5 Å². The van der Waals surface area contributed by atoms with Crippen LogP contribution in [0.5, 0.6) is 5.75 Å². The van der Waals surface area contributed by atoms with E-state index in [-0.39, 0.29) is 12.2 Å². The van der Waals surface area contributed by atoms with Crippen LogP contribution in [0.2, 0.25) is 0 Å². The lowest BCUT2D eigenvalue weighted by Crippen LogP contribution is -2.21. The van der Waals surface area contributed by atoms with Gasteiger partial charge >= 0.3 is 0 Å². The molecular formula is C12H16F2N2O2. The molecule has 1 atom stereocenters. The summed E-state index contributed by atoms with van der Waals surface area (Å²) in [4.78, 5) is 0. The normalized spacial score (nSPS) is 12.2. The van der Waals surface area contributed by atoms with Crippen LogP contribution in [0.1, 0.15) is 19.4 Å². The number of amidine groups is 1. The molecule has 0 fully saturated rings. The van der Waals surface area contributed by atoms with E-state index in [1.165, 1.54) is 0 Å². The molecule has 1 aromatic rings. The zero-order valence-electron chi connectivity index (χ0n) is 10.3. The zero-order chi connectivity index (χ0) is 13.7. The number of benzene rings is 1. The summed E-state index contributed by atoms with van der Waals surface area (Å²) in [6.45, 7) is 4.20. The molecule has 0 heterocycles. The quantitative estimate of drug-likeness (QED) is 0.606. The van der Waals surface area contributed by atoms with Crippen molar-refractivity contribution < 1.29 is 18.3 Å². The Morgan fingerprint density at radius 1 is 1.39 bits per heavy atom. The summed E-state index contributed by atoms with van der Waals surface area (Å²) in [7, 11) is 0. The number of halogens is 2. The minimum atomic E-state index is -0.886. The third kappa shape index (κ3) is 3.66. The Balaban J connectivity index is 2.86. The summed E-state index contributed by atoms with van der Waals surface area (Å²) in [5.41, 5.74) is 5.14. The molecule has 1 unspecified atom stereocenters. The maximum atomic E-state index is 13.6. The van der Waals surface area contributed by atoms with Gasteiger partial charge in [0.25, 0.3) is 0 Å². The Morgan fingerprint density at radius 2 is 1.94 bits per heavy atom. The summed E-state index contributed by atoms with van der Waals surface area (Å²) in [5, 5.41) is 7.12. The molecule has 0 radical (unpaired) electrons. The first-order chi connectivity index (χ1) is 8.45. The fourth-order valence-corrected chi connectivity index (χ4v) is 1.35. The molecule has 6 heteroatoms. The van der Waals surface area contributed by atoms with Crippen molar-refractivity contribution in [3.05, 3.63) is 29.3 Å². The van der Waals surface area contributed by atoms with Gasteiger partial charge < -0.3 is 15.2 Å². The topological polar surface area (TPSA) is 68.3 Å². The SMILES string of the molecule is CCOCC(C)Oc1c(F)cc(C(=N)N)cc1F. The van der Waals surface area contributed by atoms with Crippen LogP contribution in [0.15, 0.2) is 12.1 Å². The minimum Gasteiger partial charge on any atom is -0.482 e. The summed E-state index contributed by atoms with van der Waals surface area (Å²) in [6, 6.07) is 1.93. The van der Waals surface area contributed by atoms with Crippen molar-refractivity contribution in [3.63, 3.8) is 0 Å². The van der Waals surface area contributed by atoms with Gasteiger partial charge in [0.2, 0.25) is 0 Å². The van der Waals surface area contributed by atoms with Gasteiger partial charge in [-0.05, 0) is 26.0 Å². The number of hydrogen-bond acceptors (Lipinski definition) is 3. The Hall–Kier alpha value is -1.69. The largest absolute Gasteiger partial charge is 0.482 e. The fraction of sp³-hybridized carbons (Fsp3) is 0.417. The van der Waals surface area contributed by atoms with Crippen molar-refractivity contribution in [2.24, 2.45) is 5.73 Å². The fourth-order valence-electron chi connectivity index (χ4n) is 1.35. The zero-order valence-corrected chi connectivity index (χ0v) is 10.3. The van der Waals surface area contributed by atoms with E-state index in [2.05, 4.69) is 0 Å². The number of hydrogen-bond donors (Lipinski definition) is 2.